The van der Waals surface area contributed by atoms with E-state index in [1.54, 1.807) is 6.08 Å². The van der Waals surface area contributed by atoms with Crippen molar-refractivity contribution in [2.45, 2.75) is 20.3 Å². The summed E-state index contributed by atoms with van der Waals surface area (Å²) in [6.45, 7) is 3.79. The smallest absolute Gasteiger partial charge is 0.0586 e. The summed E-state index contributed by atoms with van der Waals surface area (Å²) >= 11 is 0. The molecule has 3 nitrogen and oxygen atoms in total. The average Bonchev–Trinajstić information content (AvgIpc) is 1.87. The number of hydrazone groups is 1. The van der Waals surface area contributed by atoms with Gasteiger partial charge in [-0.25, -0.2) is 0 Å². The molecule has 0 aliphatic heterocycles. The van der Waals surface area contributed by atoms with Crippen molar-refractivity contribution in [2.75, 3.05) is 0 Å². The zero-order chi connectivity index (χ0) is 7.28. The van der Waals surface area contributed by atoms with E-state index >= 15 is 0 Å². The highest BCUT2D eigenvalue weighted by molar-refractivity contribution is 5.92. The molecule has 0 aromatic carbocycles. The van der Waals surface area contributed by atoms with Crippen molar-refractivity contribution in [1.82, 2.24) is 0 Å². The zero-order valence-electron chi connectivity index (χ0n) is 5.89. The van der Waals surface area contributed by atoms with Crippen LogP contribution in [0.25, 0.3) is 0 Å². The highest BCUT2D eigenvalue weighted by Gasteiger charge is 1.85. The summed E-state index contributed by atoms with van der Waals surface area (Å²) in [5.41, 5.74) is 7.04. The van der Waals surface area contributed by atoms with Gasteiger partial charge in [0.15, 0.2) is 0 Å². The first-order chi connectivity index (χ1) is 4.20. The Kier molecular flexibility index (Phi) is 3.51. The van der Waals surface area contributed by atoms with E-state index in [-0.39, 0.29) is 0 Å². The van der Waals surface area contributed by atoms with Crippen LogP contribution in [-0.4, -0.2) is 5.71 Å². The lowest BCUT2D eigenvalue weighted by molar-refractivity contribution is 1.07. The van der Waals surface area contributed by atoms with Crippen molar-refractivity contribution < 1.29 is 0 Å². The first kappa shape index (κ1) is 8.01. The van der Waals surface area contributed by atoms with Gasteiger partial charge in [-0.2, -0.15) is 5.10 Å². The van der Waals surface area contributed by atoms with Gasteiger partial charge < -0.3 is 11.6 Å². The van der Waals surface area contributed by atoms with Gasteiger partial charge in [-0.1, -0.05) is 6.92 Å². The zero-order valence-corrected chi connectivity index (χ0v) is 5.89. The first-order valence-corrected chi connectivity index (χ1v) is 2.91. The van der Waals surface area contributed by atoms with Crippen molar-refractivity contribution in [3.05, 3.63) is 11.8 Å². The average molecular weight is 127 g/mol. The Morgan fingerprint density at radius 1 is 1.67 bits per heavy atom. The predicted molar refractivity (Wildman–Crippen MR) is 39.9 cm³/mol. The molecule has 3 heteroatoms. The minimum atomic E-state index is 0.759. The van der Waals surface area contributed by atoms with Crippen molar-refractivity contribution in [1.29, 1.82) is 0 Å². The van der Waals surface area contributed by atoms with Crippen molar-refractivity contribution in [3.63, 3.8) is 0 Å². The van der Waals surface area contributed by atoms with Crippen LogP contribution in [0, 0.1) is 0 Å². The Bertz CT molecular complexity index is 135. The molecule has 0 saturated carbocycles. The number of nitrogens with zero attached hydrogens (tertiary/aromatic N) is 1. The molecule has 0 spiro atoms. The molecule has 52 valence electrons. The van der Waals surface area contributed by atoms with Gasteiger partial charge in [-0.15, -0.1) is 0 Å². The number of nitrogens with two attached hydrogens (primary N) is 2. The fraction of sp³-hybridized carbons (Fsp3) is 0.500. The summed E-state index contributed by atoms with van der Waals surface area (Å²) in [6, 6.07) is 0. The van der Waals surface area contributed by atoms with E-state index in [2.05, 4.69) is 5.10 Å². The molecule has 0 aliphatic carbocycles. The van der Waals surface area contributed by atoms with Crippen molar-refractivity contribution in [2.24, 2.45) is 16.7 Å². The lowest BCUT2D eigenvalue weighted by atomic mass is 10.3. The van der Waals surface area contributed by atoms with Crippen LogP contribution in [0.1, 0.15) is 20.3 Å². The molecule has 9 heavy (non-hydrogen) atoms. The van der Waals surface area contributed by atoms with E-state index in [0.717, 1.165) is 17.8 Å². The third-order valence-electron chi connectivity index (χ3n) is 1.01. The summed E-state index contributed by atoms with van der Waals surface area (Å²) in [7, 11) is 0. The summed E-state index contributed by atoms with van der Waals surface area (Å²) in [5, 5.41) is 3.44. The maximum absolute atomic E-state index is 5.47. The van der Waals surface area contributed by atoms with Gasteiger partial charge in [-0.05, 0) is 19.4 Å². The largest absolute Gasteiger partial charge is 0.402 e. The topological polar surface area (TPSA) is 64.4 Å². The molecule has 0 heterocycles. The number of hydrogen-bond donors (Lipinski definition) is 2. The summed E-state index contributed by atoms with van der Waals surface area (Å²) < 4.78 is 0. The molecule has 0 saturated heterocycles. The van der Waals surface area contributed by atoms with Crippen LogP contribution >= 0.6 is 0 Å². The molecule has 0 radical (unpaired) electrons. The van der Waals surface area contributed by atoms with E-state index in [4.69, 9.17) is 11.6 Å². The number of allylic oxidation sites excluding steroid dienone is 2. The minimum Gasteiger partial charge on any atom is -0.402 e. The fourth-order valence-electron chi connectivity index (χ4n) is 0.408. The molecular weight excluding hydrogens is 114 g/mol. The Labute approximate surface area is 55.4 Å². The second-order valence-corrected chi connectivity index (χ2v) is 1.84. The molecule has 0 aliphatic rings. The van der Waals surface area contributed by atoms with Gasteiger partial charge in [0.1, 0.15) is 0 Å². The van der Waals surface area contributed by atoms with Crippen molar-refractivity contribution in [3.8, 4) is 0 Å². The van der Waals surface area contributed by atoms with E-state index in [9.17, 15) is 0 Å². The molecule has 0 bridgehead atoms. The lowest BCUT2D eigenvalue weighted by Gasteiger charge is -1.92. The maximum Gasteiger partial charge on any atom is 0.0586 e. The molecular formula is C6H13N3. The Hall–Kier alpha value is -0.990. The molecule has 0 rings (SSSR count). The van der Waals surface area contributed by atoms with E-state index in [1.807, 2.05) is 13.8 Å². The van der Waals surface area contributed by atoms with E-state index < -0.39 is 0 Å². The Morgan fingerprint density at radius 3 is 2.56 bits per heavy atom. The van der Waals surface area contributed by atoms with Gasteiger partial charge in [0.2, 0.25) is 0 Å². The third kappa shape index (κ3) is 3.58. The van der Waals surface area contributed by atoms with Gasteiger partial charge in [0.25, 0.3) is 0 Å². The SMILES string of the molecule is CC/C(N)=C/C(C)=N\N. The predicted octanol–water partition coefficient (Wildman–Crippen LogP) is 0.574. The van der Waals surface area contributed by atoms with Crippen LogP contribution < -0.4 is 11.6 Å². The highest BCUT2D eigenvalue weighted by Crippen LogP contribution is 1.90. The van der Waals surface area contributed by atoms with Gasteiger partial charge in [-0.3, -0.25) is 0 Å². The normalized spacial score (nSPS) is 14.0. The monoisotopic (exact) mass is 127 g/mol. The summed E-state index contributed by atoms with van der Waals surface area (Å²) in [4.78, 5) is 0. The van der Waals surface area contributed by atoms with Crippen LogP contribution in [-0.2, 0) is 0 Å². The standard InChI is InChI=1S/C6H13N3/c1-3-6(7)4-5(2)9-8/h4H,3,7-8H2,1-2H3/b6-4-,9-5-. The van der Waals surface area contributed by atoms with Crippen molar-refractivity contribution >= 4 is 5.71 Å². The van der Waals surface area contributed by atoms with Crippen LogP contribution in [0.3, 0.4) is 0 Å². The molecule has 0 amide bonds. The first-order valence-electron chi connectivity index (χ1n) is 2.91. The van der Waals surface area contributed by atoms with Crippen LogP contribution in [0.5, 0.6) is 0 Å². The molecule has 0 unspecified atom stereocenters. The summed E-state index contributed by atoms with van der Waals surface area (Å²) in [5.74, 6) is 4.96. The second-order valence-electron chi connectivity index (χ2n) is 1.84. The van der Waals surface area contributed by atoms with Crippen LogP contribution in [0.15, 0.2) is 16.9 Å². The minimum absolute atomic E-state index is 0.759. The van der Waals surface area contributed by atoms with Gasteiger partial charge in [0.05, 0.1) is 5.71 Å². The van der Waals surface area contributed by atoms with Gasteiger partial charge >= 0.3 is 0 Å². The Balaban J connectivity index is 3.95. The number of rotatable bonds is 2. The third-order valence-corrected chi connectivity index (χ3v) is 1.01. The molecule has 0 atom stereocenters. The quantitative estimate of drug-likeness (QED) is 0.323. The molecule has 0 fully saturated rings. The molecule has 0 aromatic heterocycles. The van der Waals surface area contributed by atoms with Crippen LogP contribution in [0.2, 0.25) is 0 Å². The van der Waals surface area contributed by atoms with E-state index in [0.29, 0.717) is 0 Å². The lowest BCUT2D eigenvalue weighted by Crippen LogP contribution is -2.00. The second kappa shape index (κ2) is 3.95. The highest BCUT2D eigenvalue weighted by atomic mass is 15.1. The molecule has 4 N–H and O–H groups in total. The number of hydrogen-bond acceptors (Lipinski definition) is 3. The van der Waals surface area contributed by atoms with Gasteiger partial charge in [0, 0.05) is 5.70 Å². The maximum atomic E-state index is 5.47. The molecule has 0 aromatic rings. The fourth-order valence-corrected chi connectivity index (χ4v) is 0.408. The van der Waals surface area contributed by atoms with E-state index in [1.165, 1.54) is 0 Å². The summed E-state index contributed by atoms with van der Waals surface area (Å²) in [6.07, 6.45) is 2.60. The van der Waals surface area contributed by atoms with Crippen LogP contribution in [0.4, 0.5) is 0 Å². The Morgan fingerprint density at radius 2 is 2.22 bits per heavy atom.